The molecule has 1 aliphatic heterocycles. The average molecular weight is 432 g/mol. The Labute approximate surface area is 175 Å². The molecule has 1 aliphatic rings. The highest BCUT2D eigenvalue weighted by Gasteiger charge is 2.32. The Kier molecular flexibility index (Phi) is 5.53. The van der Waals surface area contributed by atoms with Crippen molar-refractivity contribution in [2.75, 3.05) is 25.1 Å². The number of alkyl halides is 3. The second-order valence-electron chi connectivity index (χ2n) is 7.01. The van der Waals surface area contributed by atoms with E-state index < -0.39 is 11.9 Å². The largest absolute Gasteiger partial charge is 0.477 e. The molecule has 0 radical (unpaired) electrons. The Hall–Kier alpha value is -3.56. The molecule has 0 aliphatic carbocycles. The molecule has 0 spiro atoms. The fourth-order valence-corrected chi connectivity index (χ4v) is 3.19. The number of aromatic nitrogens is 3. The highest BCUT2D eigenvalue weighted by molar-refractivity contribution is 5.44. The van der Waals surface area contributed by atoms with E-state index >= 15 is 0 Å². The lowest BCUT2D eigenvalue weighted by Gasteiger charge is -2.12. The van der Waals surface area contributed by atoms with E-state index in [4.69, 9.17) is 9.47 Å². The summed E-state index contributed by atoms with van der Waals surface area (Å²) in [7, 11) is 1.90. The van der Waals surface area contributed by atoms with Crippen LogP contribution in [0.3, 0.4) is 0 Å². The Morgan fingerprint density at radius 3 is 2.55 bits per heavy atom. The second-order valence-corrected chi connectivity index (χ2v) is 7.01. The molecule has 4 rings (SSSR count). The van der Waals surface area contributed by atoms with Gasteiger partial charge in [-0.25, -0.2) is 9.78 Å². The van der Waals surface area contributed by atoms with E-state index in [1.807, 2.05) is 11.9 Å². The molecule has 0 N–H and O–H groups in total. The Morgan fingerprint density at radius 1 is 1.03 bits per heavy atom. The van der Waals surface area contributed by atoms with Crippen LogP contribution in [-0.2, 0) is 19.1 Å². The minimum atomic E-state index is -4.53. The first-order valence-corrected chi connectivity index (χ1v) is 9.56. The number of rotatable bonds is 6. The van der Waals surface area contributed by atoms with Gasteiger partial charge in [-0.15, -0.1) is 0 Å². The van der Waals surface area contributed by atoms with Gasteiger partial charge >= 0.3 is 11.9 Å². The third kappa shape index (κ3) is 4.79. The van der Waals surface area contributed by atoms with Crippen LogP contribution in [0.15, 0.2) is 53.3 Å². The average Bonchev–Trinajstić information content (AvgIpc) is 3.10. The molecule has 1 aromatic carbocycles. The van der Waals surface area contributed by atoms with Crippen LogP contribution in [0.1, 0.15) is 11.3 Å². The van der Waals surface area contributed by atoms with Crippen molar-refractivity contribution in [1.82, 2.24) is 14.5 Å². The number of anilines is 1. The van der Waals surface area contributed by atoms with Crippen molar-refractivity contribution in [2.24, 2.45) is 0 Å². The quantitative estimate of drug-likeness (QED) is 0.594. The standard InChI is InChI=1S/C21H19F3N4O3/c1-27-10-11-28-19(27)13-18(26-20(28)29)30-12-9-14-5-7-15(8-6-14)31-17-4-2-3-16(25-17)21(22,23)24/h2-8,13H,9-12H2,1H3. The Bertz CT molecular complexity index is 1130. The lowest BCUT2D eigenvalue weighted by Crippen LogP contribution is -2.22. The number of hydrogen-bond acceptors (Lipinski definition) is 6. The maximum atomic E-state index is 12.8. The van der Waals surface area contributed by atoms with Crippen molar-refractivity contribution in [3.63, 3.8) is 0 Å². The first kappa shape index (κ1) is 20.7. The van der Waals surface area contributed by atoms with Crippen molar-refractivity contribution >= 4 is 5.82 Å². The number of ether oxygens (including phenoxy) is 2. The maximum absolute atomic E-state index is 12.8. The van der Waals surface area contributed by atoms with Crippen LogP contribution >= 0.6 is 0 Å². The molecule has 31 heavy (non-hydrogen) atoms. The van der Waals surface area contributed by atoms with Gasteiger partial charge in [0.25, 0.3) is 0 Å². The molecule has 3 aromatic rings. The summed E-state index contributed by atoms with van der Waals surface area (Å²) >= 11 is 0. The van der Waals surface area contributed by atoms with Gasteiger partial charge in [0.05, 0.1) is 6.61 Å². The van der Waals surface area contributed by atoms with Gasteiger partial charge in [0.2, 0.25) is 11.8 Å². The SMILES string of the molecule is CN1CCn2c1cc(OCCc1ccc(Oc3cccc(C(F)(F)F)n3)cc1)nc2=O. The highest BCUT2D eigenvalue weighted by atomic mass is 19.4. The summed E-state index contributed by atoms with van der Waals surface area (Å²) < 4.78 is 50.9. The zero-order chi connectivity index (χ0) is 22.0. The second kappa shape index (κ2) is 8.29. The number of likely N-dealkylation sites (N-methyl/N-ethyl adjacent to an activating group) is 1. The highest BCUT2D eigenvalue weighted by Crippen LogP contribution is 2.30. The summed E-state index contributed by atoms with van der Waals surface area (Å²) in [6, 6.07) is 12.1. The van der Waals surface area contributed by atoms with Crippen molar-refractivity contribution < 1.29 is 22.6 Å². The summed E-state index contributed by atoms with van der Waals surface area (Å²) in [5, 5.41) is 0. The van der Waals surface area contributed by atoms with Gasteiger partial charge in [0.1, 0.15) is 17.3 Å². The summed E-state index contributed by atoms with van der Waals surface area (Å²) in [6.45, 7) is 1.68. The van der Waals surface area contributed by atoms with Crippen LogP contribution < -0.4 is 20.1 Å². The first-order valence-electron chi connectivity index (χ1n) is 9.56. The Balaban J connectivity index is 1.34. The molecule has 0 saturated heterocycles. The molecule has 10 heteroatoms. The third-order valence-corrected chi connectivity index (χ3v) is 4.82. The van der Waals surface area contributed by atoms with Crippen molar-refractivity contribution in [3.05, 3.63) is 70.3 Å². The maximum Gasteiger partial charge on any atom is 0.433 e. The number of benzene rings is 1. The molecule has 0 amide bonds. The normalized spacial score (nSPS) is 13.2. The van der Waals surface area contributed by atoms with Crippen LogP contribution in [0.25, 0.3) is 0 Å². The topological polar surface area (TPSA) is 69.5 Å². The van der Waals surface area contributed by atoms with Gasteiger partial charge < -0.3 is 14.4 Å². The molecule has 0 fully saturated rings. The van der Waals surface area contributed by atoms with E-state index in [0.29, 0.717) is 25.3 Å². The van der Waals surface area contributed by atoms with Gasteiger partial charge in [-0.2, -0.15) is 18.2 Å². The van der Waals surface area contributed by atoms with Crippen LogP contribution in [0.5, 0.6) is 17.5 Å². The van der Waals surface area contributed by atoms with Gasteiger partial charge in [0.15, 0.2) is 0 Å². The molecule has 0 saturated carbocycles. The lowest BCUT2D eigenvalue weighted by molar-refractivity contribution is -0.141. The summed E-state index contributed by atoms with van der Waals surface area (Å²) in [5.74, 6) is 1.29. The smallest absolute Gasteiger partial charge is 0.433 e. The van der Waals surface area contributed by atoms with Crippen molar-refractivity contribution in [2.45, 2.75) is 19.1 Å². The number of fused-ring (bicyclic) bond motifs is 1. The van der Waals surface area contributed by atoms with Gasteiger partial charge in [-0.3, -0.25) is 4.57 Å². The van der Waals surface area contributed by atoms with Crippen LogP contribution in [0.4, 0.5) is 19.0 Å². The third-order valence-electron chi connectivity index (χ3n) is 4.82. The van der Waals surface area contributed by atoms with Crippen LogP contribution in [-0.4, -0.2) is 34.7 Å². The first-order chi connectivity index (χ1) is 14.8. The van der Waals surface area contributed by atoms with Crippen molar-refractivity contribution in [1.29, 1.82) is 0 Å². The monoisotopic (exact) mass is 432 g/mol. The fourth-order valence-electron chi connectivity index (χ4n) is 3.19. The molecular formula is C21H19F3N4O3. The van der Waals surface area contributed by atoms with E-state index in [-0.39, 0.29) is 17.4 Å². The molecule has 0 bridgehead atoms. The van der Waals surface area contributed by atoms with Gasteiger partial charge in [-0.05, 0) is 23.8 Å². The molecule has 0 atom stereocenters. The summed E-state index contributed by atoms with van der Waals surface area (Å²) in [6.07, 6.45) is -3.98. The van der Waals surface area contributed by atoms with Crippen molar-refractivity contribution in [3.8, 4) is 17.5 Å². The Morgan fingerprint density at radius 2 is 1.81 bits per heavy atom. The predicted molar refractivity (Wildman–Crippen MR) is 107 cm³/mol. The van der Waals surface area contributed by atoms with E-state index in [1.165, 1.54) is 12.1 Å². The molecule has 7 nitrogen and oxygen atoms in total. The van der Waals surface area contributed by atoms with Gasteiger partial charge in [-0.1, -0.05) is 18.2 Å². The fraction of sp³-hybridized carbons (Fsp3) is 0.286. The van der Waals surface area contributed by atoms with E-state index in [0.717, 1.165) is 24.0 Å². The molecule has 3 heterocycles. The predicted octanol–water partition coefficient (Wildman–Crippen LogP) is 3.52. The van der Waals surface area contributed by atoms with E-state index in [2.05, 4.69) is 9.97 Å². The zero-order valence-electron chi connectivity index (χ0n) is 16.6. The van der Waals surface area contributed by atoms with Crippen LogP contribution in [0.2, 0.25) is 0 Å². The minimum Gasteiger partial charge on any atom is -0.477 e. The van der Waals surface area contributed by atoms with E-state index in [9.17, 15) is 18.0 Å². The lowest BCUT2D eigenvalue weighted by atomic mass is 10.1. The van der Waals surface area contributed by atoms with E-state index in [1.54, 1.807) is 34.9 Å². The molecule has 0 unspecified atom stereocenters. The van der Waals surface area contributed by atoms with Gasteiger partial charge in [0, 0.05) is 38.7 Å². The minimum absolute atomic E-state index is 0.134. The molecule has 162 valence electrons. The molecular weight excluding hydrogens is 413 g/mol. The van der Waals surface area contributed by atoms with Crippen LogP contribution in [0, 0.1) is 0 Å². The summed E-state index contributed by atoms with van der Waals surface area (Å²) in [4.78, 5) is 21.4. The number of halogens is 3. The number of hydrogen-bond donors (Lipinski definition) is 0. The molecule has 2 aromatic heterocycles. The number of nitrogens with zero attached hydrogens (tertiary/aromatic N) is 4. The number of pyridine rings is 1. The summed E-state index contributed by atoms with van der Waals surface area (Å²) in [5.41, 5.74) is -0.411. The zero-order valence-corrected chi connectivity index (χ0v) is 16.6.